The Hall–Kier alpha value is -2.71. The highest BCUT2D eigenvalue weighted by atomic mass is 35.5. The van der Waals surface area contributed by atoms with Gasteiger partial charge in [-0.2, -0.15) is 8.42 Å². The van der Waals surface area contributed by atoms with Gasteiger partial charge in [0.25, 0.3) is 0 Å². The summed E-state index contributed by atoms with van der Waals surface area (Å²) in [6.07, 6.45) is 1.48. The van der Waals surface area contributed by atoms with Crippen molar-refractivity contribution in [2.24, 2.45) is 0 Å². The van der Waals surface area contributed by atoms with Gasteiger partial charge in [-0.1, -0.05) is 23.7 Å². The molecule has 9 heteroatoms. The lowest BCUT2D eigenvalue weighted by molar-refractivity contribution is -0.385. The summed E-state index contributed by atoms with van der Waals surface area (Å²) in [6, 6.07) is 11.0. The molecular formula is C15H9ClN2O5S. The van der Waals surface area contributed by atoms with Crippen molar-refractivity contribution in [3.63, 3.8) is 0 Å². The van der Waals surface area contributed by atoms with Gasteiger partial charge in [-0.25, -0.2) is 0 Å². The molecule has 0 saturated carbocycles. The number of fused-ring (bicyclic) bond motifs is 1. The zero-order chi connectivity index (χ0) is 17.3. The number of hydrogen-bond donors (Lipinski definition) is 0. The first-order chi connectivity index (χ1) is 11.4. The molecule has 0 aliphatic carbocycles. The average molecular weight is 365 g/mol. The number of nitro groups is 1. The first kappa shape index (κ1) is 16.2. The minimum absolute atomic E-state index is 0.173. The van der Waals surface area contributed by atoms with Gasteiger partial charge in [0, 0.05) is 17.6 Å². The Labute approximate surface area is 141 Å². The molecule has 122 valence electrons. The van der Waals surface area contributed by atoms with Gasteiger partial charge in [0.05, 0.1) is 15.5 Å². The van der Waals surface area contributed by atoms with Crippen LogP contribution in [0.4, 0.5) is 5.69 Å². The monoisotopic (exact) mass is 364 g/mol. The number of para-hydroxylation sites is 2. The molecule has 24 heavy (non-hydrogen) atoms. The van der Waals surface area contributed by atoms with Crippen molar-refractivity contribution in [1.29, 1.82) is 0 Å². The van der Waals surface area contributed by atoms with Crippen LogP contribution in [0.25, 0.3) is 10.9 Å². The number of halogens is 1. The topological polar surface area (TPSA) is 99.4 Å². The normalized spacial score (nSPS) is 11.4. The van der Waals surface area contributed by atoms with Crippen LogP contribution in [0.15, 0.2) is 59.6 Å². The van der Waals surface area contributed by atoms with Crippen LogP contribution in [0.5, 0.6) is 5.75 Å². The van der Waals surface area contributed by atoms with Gasteiger partial charge in [-0.15, -0.1) is 0 Å². The molecule has 0 fully saturated rings. The van der Waals surface area contributed by atoms with Crippen LogP contribution in [-0.4, -0.2) is 18.3 Å². The fourth-order valence-corrected chi connectivity index (χ4v) is 3.52. The SMILES string of the molecule is O=[N+]([O-])c1ccccc1OS(=O)(=O)c1ccc(Cl)c2ncccc12. The van der Waals surface area contributed by atoms with Gasteiger partial charge >= 0.3 is 15.8 Å². The zero-order valence-corrected chi connectivity index (χ0v) is 13.5. The van der Waals surface area contributed by atoms with Gasteiger partial charge in [-0.05, 0) is 30.3 Å². The predicted octanol–water partition coefficient (Wildman–Crippen LogP) is 3.56. The van der Waals surface area contributed by atoms with Gasteiger partial charge in [0.15, 0.2) is 0 Å². The molecular weight excluding hydrogens is 356 g/mol. The van der Waals surface area contributed by atoms with Crippen molar-refractivity contribution < 1.29 is 17.5 Å². The molecule has 1 heterocycles. The number of rotatable bonds is 4. The minimum Gasteiger partial charge on any atom is -0.372 e. The third-order valence-electron chi connectivity index (χ3n) is 3.21. The van der Waals surface area contributed by atoms with E-state index >= 15 is 0 Å². The molecule has 0 unspecified atom stereocenters. The first-order valence-corrected chi connectivity index (χ1v) is 8.40. The van der Waals surface area contributed by atoms with Crippen molar-refractivity contribution >= 4 is 38.3 Å². The lowest BCUT2D eigenvalue weighted by Gasteiger charge is -2.10. The third-order valence-corrected chi connectivity index (χ3v) is 4.81. The molecule has 3 aromatic rings. The summed E-state index contributed by atoms with van der Waals surface area (Å²) < 4.78 is 30.2. The largest absolute Gasteiger partial charge is 0.372 e. The molecule has 0 aliphatic heterocycles. The maximum absolute atomic E-state index is 12.6. The fourth-order valence-electron chi connectivity index (χ4n) is 2.17. The summed E-state index contributed by atoms with van der Waals surface area (Å²) in [6.45, 7) is 0. The van der Waals surface area contributed by atoms with E-state index in [9.17, 15) is 18.5 Å². The quantitative estimate of drug-likeness (QED) is 0.398. The van der Waals surface area contributed by atoms with E-state index in [1.165, 1.54) is 42.6 Å². The zero-order valence-electron chi connectivity index (χ0n) is 11.9. The number of hydrogen-bond acceptors (Lipinski definition) is 6. The second-order valence-corrected chi connectivity index (χ2v) is 6.63. The highest BCUT2D eigenvalue weighted by Crippen LogP contribution is 2.32. The maximum atomic E-state index is 12.6. The summed E-state index contributed by atoms with van der Waals surface area (Å²) in [5, 5.41) is 11.6. The average Bonchev–Trinajstić information content (AvgIpc) is 2.55. The van der Waals surface area contributed by atoms with Gasteiger partial charge in [0.1, 0.15) is 4.90 Å². The van der Waals surface area contributed by atoms with E-state index in [0.717, 1.165) is 6.07 Å². The van der Waals surface area contributed by atoms with Crippen LogP contribution in [-0.2, 0) is 10.1 Å². The van der Waals surface area contributed by atoms with Gasteiger partial charge in [-0.3, -0.25) is 15.1 Å². The highest BCUT2D eigenvalue weighted by Gasteiger charge is 2.25. The van der Waals surface area contributed by atoms with Crippen LogP contribution in [0.1, 0.15) is 0 Å². The van der Waals surface area contributed by atoms with E-state index in [-0.39, 0.29) is 21.1 Å². The third kappa shape index (κ3) is 2.89. The summed E-state index contributed by atoms with van der Waals surface area (Å²) in [5.41, 5.74) is -0.149. The van der Waals surface area contributed by atoms with Gasteiger partial charge in [0.2, 0.25) is 5.75 Å². The van der Waals surface area contributed by atoms with Crippen LogP contribution >= 0.6 is 11.6 Å². The Bertz CT molecular complexity index is 1050. The summed E-state index contributed by atoms with van der Waals surface area (Å²) in [4.78, 5) is 14.2. The molecule has 0 aliphatic rings. The van der Waals surface area contributed by atoms with Crippen molar-refractivity contribution in [2.75, 3.05) is 0 Å². The fraction of sp³-hybridized carbons (Fsp3) is 0. The van der Waals surface area contributed by atoms with E-state index in [1.54, 1.807) is 6.07 Å². The van der Waals surface area contributed by atoms with E-state index in [0.29, 0.717) is 5.52 Å². The van der Waals surface area contributed by atoms with Crippen molar-refractivity contribution in [2.45, 2.75) is 4.90 Å². The van der Waals surface area contributed by atoms with Crippen molar-refractivity contribution in [1.82, 2.24) is 4.98 Å². The van der Waals surface area contributed by atoms with E-state index < -0.39 is 20.7 Å². The molecule has 0 amide bonds. The second-order valence-electron chi connectivity index (χ2n) is 4.71. The lowest BCUT2D eigenvalue weighted by atomic mass is 10.2. The predicted molar refractivity (Wildman–Crippen MR) is 87.7 cm³/mol. The minimum atomic E-state index is -4.32. The molecule has 0 N–H and O–H groups in total. The second kappa shape index (κ2) is 6.06. The summed E-state index contributed by atoms with van der Waals surface area (Å²) >= 11 is 6.02. The Morgan fingerprint density at radius 2 is 1.83 bits per heavy atom. The number of pyridine rings is 1. The van der Waals surface area contributed by atoms with E-state index in [1.807, 2.05) is 0 Å². The van der Waals surface area contributed by atoms with Crippen LogP contribution < -0.4 is 4.18 Å². The smallest absolute Gasteiger partial charge is 0.340 e. The molecule has 0 saturated heterocycles. The number of benzene rings is 2. The van der Waals surface area contributed by atoms with Crippen molar-refractivity contribution in [3.05, 3.63) is 69.9 Å². The highest BCUT2D eigenvalue weighted by molar-refractivity contribution is 7.87. The van der Waals surface area contributed by atoms with Crippen LogP contribution in [0, 0.1) is 10.1 Å². The number of aromatic nitrogens is 1. The number of nitro benzene ring substituents is 1. The molecule has 3 rings (SSSR count). The Kier molecular flexibility index (Phi) is 4.08. The maximum Gasteiger partial charge on any atom is 0.340 e. The molecule has 0 bridgehead atoms. The first-order valence-electron chi connectivity index (χ1n) is 6.61. The lowest BCUT2D eigenvalue weighted by Crippen LogP contribution is -2.11. The Morgan fingerprint density at radius 1 is 1.08 bits per heavy atom. The van der Waals surface area contributed by atoms with Crippen LogP contribution in [0.3, 0.4) is 0 Å². The number of nitrogens with zero attached hydrogens (tertiary/aromatic N) is 2. The molecule has 0 atom stereocenters. The molecule has 2 aromatic carbocycles. The molecule has 7 nitrogen and oxygen atoms in total. The molecule has 0 spiro atoms. The summed E-state index contributed by atoms with van der Waals surface area (Å²) in [5.74, 6) is -0.366. The van der Waals surface area contributed by atoms with Gasteiger partial charge < -0.3 is 4.18 Å². The van der Waals surface area contributed by atoms with E-state index in [4.69, 9.17) is 15.8 Å². The molecule has 1 aromatic heterocycles. The van der Waals surface area contributed by atoms with Crippen molar-refractivity contribution in [3.8, 4) is 5.75 Å². The van der Waals surface area contributed by atoms with Crippen LogP contribution in [0.2, 0.25) is 5.02 Å². The van der Waals surface area contributed by atoms with E-state index in [2.05, 4.69) is 4.98 Å². The summed E-state index contributed by atoms with van der Waals surface area (Å²) in [7, 11) is -4.32. The standard InChI is InChI=1S/C15H9ClN2O5S/c16-11-7-8-14(10-4-3-9-17-15(10)11)24(21,22)23-13-6-2-1-5-12(13)18(19)20/h1-9H. The molecule has 0 radical (unpaired) electrons. The Morgan fingerprint density at radius 3 is 2.58 bits per heavy atom. The Balaban J connectivity index is 2.14.